The van der Waals surface area contributed by atoms with Gasteiger partial charge in [0.15, 0.2) is 5.78 Å². The Balaban J connectivity index is 1.87. The van der Waals surface area contributed by atoms with Gasteiger partial charge in [-0.05, 0) is 44.5 Å². The highest BCUT2D eigenvalue weighted by Crippen LogP contribution is 2.22. The van der Waals surface area contributed by atoms with Crippen molar-refractivity contribution < 1.29 is 9.59 Å². The second-order valence-corrected chi connectivity index (χ2v) is 5.69. The number of nitrogens with one attached hydrogen (secondary N) is 3. The fraction of sp³-hybridized carbons (Fsp3) is 0.167. The number of amides is 1. The second kappa shape index (κ2) is 6.16. The van der Waals surface area contributed by atoms with Crippen molar-refractivity contribution in [3.8, 4) is 11.3 Å². The molecule has 6 heteroatoms. The normalized spacial score (nSPS) is 10.6. The first-order valence-corrected chi connectivity index (χ1v) is 7.58. The van der Waals surface area contributed by atoms with Gasteiger partial charge in [-0.15, -0.1) is 0 Å². The van der Waals surface area contributed by atoms with E-state index in [4.69, 9.17) is 0 Å². The van der Waals surface area contributed by atoms with E-state index in [1.165, 1.54) is 6.92 Å². The zero-order valence-electron chi connectivity index (χ0n) is 13.7. The number of nitrogens with zero attached hydrogens (tertiary/aromatic N) is 1. The van der Waals surface area contributed by atoms with Crippen LogP contribution in [0.4, 0.5) is 5.69 Å². The van der Waals surface area contributed by atoms with Crippen molar-refractivity contribution in [2.75, 3.05) is 5.32 Å². The van der Waals surface area contributed by atoms with Crippen LogP contribution in [-0.4, -0.2) is 26.9 Å². The molecule has 3 N–H and O–H groups in total. The summed E-state index contributed by atoms with van der Waals surface area (Å²) >= 11 is 0. The maximum absolute atomic E-state index is 12.5. The minimum absolute atomic E-state index is 0.0541. The lowest BCUT2D eigenvalue weighted by molar-refractivity contribution is 0.101. The van der Waals surface area contributed by atoms with Crippen LogP contribution in [0.1, 0.15) is 39.0 Å². The lowest BCUT2D eigenvalue weighted by atomic mass is 10.1. The van der Waals surface area contributed by atoms with Gasteiger partial charge < -0.3 is 10.3 Å². The predicted molar refractivity (Wildman–Crippen MR) is 92.2 cm³/mol. The summed E-state index contributed by atoms with van der Waals surface area (Å²) in [5.41, 5.74) is 4.82. The zero-order chi connectivity index (χ0) is 17.3. The van der Waals surface area contributed by atoms with Crippen molar-refractivity contribution in [1.82, 2.24) is 15.2 Å². The number of carbonyl (C=O) groups excluding carboxylic acids is 2. The van der Waals surface area contributed by atoms with E-state index >= 15 is 0 Å². The van der Waals surface area contributed by atoms with Gasteiger partial charge in [0.25, 0.3) is 5.91 Å². The van der Waals surface area contributed by atoms with E-state index in [2.05, 4.69) is 20.5 Å². The van der Waals surface area contributed by atoms with Crippen molar-refractivity contribution in [3.63, 3.8) is 0 Å². The van der Waals surface area contributed by atoms with Crippen LogP contribution in [0.15, 0.2) is 36.5 Å². The molecule has 0 aliphatic heterocycles. The SMILES string of the molecule is CC(=O)c1c(C)[nH]c(C(=O)Nc2cccc(-c3ccn[nH]3)c2)c1C. The number of ketones is 1. The Kier molecular flexibility index (Phi) is 4.04. The predicted octanol–water partition coefficient (Wildman–Crippen LogP) is 3.48. The molecule has 24 heavy (non-hydrogen) atoms. The molecule has 1 aromatic carbocycles. The highest BCUT2D eigenvalue weighted by Gasteiger charge is 2.19. The van der Waals surface area contributed by atoms with E-state index in [1.807, 2.05) is 30.3 Å². The van der Waals surface area contributed by atoms with E-state index in [0.717, 1.165) is 11.3 Å². The summed E-state index contributed by atoms with van der Waals surface area (Å²) in [5.74, 6) is -0.327. The Morgan fingerprint density at radius 2 is 1.96 bits per heavy atom. The molecular weight excluding hydrogens is 304 g/mol. The lowest BCUT2D eigenvalue weighted by Crippen LogP contribution is -2.14. The number of H-pyrrole nitrogens is 2. The third-order valence-electron chi connectivity index (χ3n) is 3.95. The number of aromatic amines is 2. The van der Waals surface area contributed by atoms with Gasteiger partial charge in [0.1, 0.15) is 5.69 Å². The molecule has 6 nitrogen and oxygen atoms in total. The van der Waals surface area contributed by atoms with Crippen LogP contribution in [0.2, 0.25) is 0 Å². The summed E-state index contributed by atoms with van der Waals surface area (Å²) in [5, 5.41) is 9.68. The first-order chi connectivity index (χ1) is 11.5. The summed E-state index contributed by atoms with van der Waals surface area (Å²) in [6.45, 7) is 5.06. The maximum atomic E-state index is 12.5. The monoisotopic (exact) mass is 322 g/mol. The summed E-state index contributed by atoms with van der Waals surface area (Å²) in [6, 6.07) is 9.33. The van der Waals surface area contributed by atoms with Gasteiger partial charge in [-0.1, -0.05) is 12.1 Å². The van der Waals surface area contributed by atoms with Gasteiger partial charge in [0.05, 0.1) is 5.69 Å². The van der Waals surface area contributed by atoms with Crippen LogP contribution >= 0.6 is 0 Å². The third-order valence-corrected chi connectivity index (χ3v) is 3.95. The highest BCUT2D eigenvalue weighted by molar-refractivity contribution is 6.07. The second-order valence-electron chi connectivity index (χ2n) is 5.69. The summed E-state index contributed by atoms with van der Waals surface area (Å²) < 4.78 is 0. The average molecular weight is 322 g/mol. The fourth-order valence-corrected chi connectivity index (χ4v) is 2.88. The van der Waals surface area contributed by atoms with Crippen LogP contribution < -0.4 is 5.32 Å². The molecule has 122 valence electrons. The molecule has 3 aromatic rings. The van der Waals surface area contributed by atoms with Crippen LogP contribution in [-0.2, 0) is 0 Å². The Morgan fingerprint density at radius 1 is 1.17 bits per heavy atom. The third kappa shape index (κ3) is 2.86. The molecule has 0 radical (unpaired) electrons. The number of benzene rings is 1. The van der Waals surface area contributed by atoms with Gasteiger partial charge in [0, 0.05) is 28.7 Å². The van der Waals surface area contributed by atoms with Crippen molar-refractivity contribution in [3.05, 3.63) is 59.0 Å². The fourth-order valence-electron chi connectivity index (χ4n) is 2.88. The van der Waals surface area contributed by atoms with Gasteiger partial charge in [-0.25, -0.2) is 0 Å². The Labute approximate surface area is 139 Å². The van der Waals surface area contributed by atoms with E-state index in [0.29, 0.717) is 28.2 Å². The number of hydrogen-bond acceptors (Lipinski definition) is 3. The molecule has 2 aromatic heterocycles. The standard InChI is InChI=1S/C18H18N4O2/c1-10-16(12(3)23)11(2)20-17(10)18(24)21-14-6-4-5-13(9-14)15-7-8-19-22-15/h4-9,20H,1-3H3,(H,19,22)(H,21,24). The van der Waals surface area contributed by atoms with Crippen LogP contribution in [0.3, 0.4) is 0 Å². The maximum Gasteiger partial charge on any atom is 0.272 e. The molecule has 0 aliphatic rings. The van der Waals surface area contributed by atoms with Crippen LogP contribution in [0, 0.1) is 13.8 Å². The van der Waals surface area contributed by atoms with E-state index < -0.39 is 0 Å². The van der Waals surface area contributed by atoms with Crippen molar-refractivity contribution >= 4 is 17.4 Å². The van der Waals surface area contributed by atoms with Crippen LogP contribution in [0.5, 0.6) is 0 Å². The number of hydrogen-bond donors (Lipinski definition) is 3. The van der Waals surface area contributed by atoms with Crippen LogP contribution in [0.25, 0.3) is 11.3 Å². The summed E-state index contributed by atoms with van der Waals surface area (Å²) in [7, 11) is 0. The minimum atomic E-state index is -0.273. The molecule has 0 unspecified atom stereocenters. The smallest absolute Gasteiger partial charge is 0.272 e. The Bertz CT molecular complexity index is 907. The minimum Gasteiger partial charge on any atom is -0.354 e. The zero-order valence-corrected chi connectivity index (χ0v) is 13.7. The quantitative estimate of drug-likeness (QED) is 0.642. The molecule has 0 saturated carbocycles. The summed E-state index contributed by atoms with van der Waals surface area (Å²) in [4.78, 5) is 27.3. The van der Waals surface area contributed by atoms with Crippen molar-refractivity contribution in [2.24, 2.45) is 0 Å². The van der Waals surface area contributed by atoms with Crippen molar-refractivity contribution in [1.29, 1.82) is 0 Å². The molecule has 1 amide bonds. The van der Waals surface area contributed by atoms with E-state index in [-0.39, 0.29) is 11.7 Å². The molecular formula is C18H18N4O2. The number of aromatic nitrogens is 3. The van der Waals surface area contributed by atoms with E-state index in [9.17, 15) is 9.59 Å². The largest absolute Gasteiger partial charge is 0.354 e. The van der Waals surface area contributed by atoms with E-state index in [1.54, 1.807) is 20.0 Å². The average Bonchev–Trinajstić information content (AvgIpc) is 3.15. The molecule has 0 saturated heterocycles. The van der Waals surface area contributed by atoms with Gasteiger partial charge in [0.2, 0.25) is 0 Å². The number of aryl methyl sites for hydroxylation is 1. The lowest BCUT2D eigenvalue weighted by Gasteiger charge is -2.07. The van der Waals surface area contributed by atoms with Crippen molar-refractivity contribution in [2.45, 2.75) is 20.8 Å². The Hall–Kier alpha value is -3.15. The molecule has 0 bridgehead atoms. The number of anilines is 1. The first-order valence-electron chi connectivity index (χ1n) is 7.58. The van der Waals surface area contributed by atoms with Gasteiger partial charge >= 0.3 is 0 Å². The molecule has 0 fully saturated rings. The number of Topliss-reactive ketones (excluding diaryl/α,β-unsaturated/α-hetero) is 1. The molecule has 0 aliphatic carbocycles. The molecule has 0 spiro atoms. The van der Waals surface area contributed by atoms with Gasteiger partial charge in [-0.3, -0.25) is 14.7 Å². The Morgan fingerprint density at radius 3 is 2.58 bits per heavy atom. The van der Waals surface area contributed by atoms with Gasteiger partial charge in [-0.2, -0.15) is 5.10 Å². The molecule has 3 rings (SSSR count). The number of carbonyl (C=O) groups is 2. The topological polar surface area (TPSA) is 90.6 Å². The number of rotatable bonds is 4. The summed E-state index contributed by atoms with van der Waals surface area (Å²) in [6.07, 6.45) is 1.68. The highest BCUT2D eigenvalue weighted by atomic mass is 16.2. The molecule has 0 atom stereocenters. The molecule has 2 heterocycles. The first kappa shape index (κ1) is 15.7.